The van der Waals surface area contributed by atoms with Crippen LogP contribution in [0.5, 0.6) is 0 Å². The number of aryl methyl sites for hydroxylation is 1. The first-order valence-corrected chi connectivity index (χ1v) is 4.11. The molecule has 0 N–H and O–H groups in total. The van der Waals surface area contributed by atoms with Crippen LogP contribution in [0.3, 0.4) is 0 Å². The zero-order valence-electron chi connectivity index (χ0n) is 7.10. The molecule has 0 atom stereocenters. The molecule has 0 unspecified atom stereocenters. The summed E-state index contributed by atoms with van der Waals surface area (Å²) in [5.41, 5.74) is 3.20. The molecule has 0 nitrogen and oxygen atoms in total. The second kappa shape index (κ2) is 3.59. The normalized spacial score (nSPS) is 9.50. The average Bonchev–Trinajstić information content (AvgIpc) is 2.03. The van der Waals surface area contributed by atoms with Gasteiger partial charge in [0.05, 0.1) is 0 Å². The first-order chi connectivity index (χ1) is 5.66. The topological polar surface area (TPSA) is 0 Å². The monoisotopic (exact) mass is 178 g/mol. The minimum absolute atomic E-state index is 0.564. The van der Waals surface area contributed by atoms with Gasteiger partial charge in [0.1, 0.15) is 0 Å². The third-order valence-corrected chi connectivity index (χ3v) is 2.02. The van der Waals surface area contributed by atoms with E-state index in [9.17, 15) is 0 Å². The first-order valence-electron chi connectivity index (χ1n) is 3.73. The van der Waals surface area contributed by atoms with Crippen LogP contribution in [0.25, 0.3) is 11.1 Å². The van der Waals surface area contributed by atoms with Crippen LogP contribution in [0.1, 0.15) is 16.7 Å². The van der Waals surface area contributed by atoms with Crippen LogP contribution in [0, 0.1) is 6.92 Å². The molecule has 0 fully saturated rings. The summed E-state index contributed by atoms with van der Waals surface area (Å²) in [6, 6.07) is 5.94. The van der Waals surface area contributed by atoms with Crippen molar-refractivity contribution in [3.8, 4) is 0 Å². The molecule has 1 rings (SSSR count). The van der Waals surface area contributed by atoms with Crippen molar-refractivity contribution in [2.45, 2.75) is 6.92 Å². The van der Waals surface area contributed by atoms with Crippen molar-refractivity contribution in [2.75, 3.05) is 0 Å². The standard InChI is InChI=1S/C11H11Cl/c1-4-10-8(2)6-5-7-11(10)9(3)12/h4-7H,1,3H2,2H3. The van der Waals surface area contributed by atoms with Crippen molar-refractivity contribution in [2.24, 2.45) is 0 Å². The maximum absolute atomic E-state index is 5.82. The zero-order valence-corrected chi connectivity index (χ0v) is 7.86. The molecule has 62 valence electrons. The van der Waals surface area contributed by atoms with Crippen molar-refractivity contribution >= 4 is 22.7 Å². The van der Waals surface area contributed by atoms with E-state index < -0.39 is 0 Å². The van der Waals surface area contributed by atoms with Crippen LogP contribution in [-0.2, 0) is 0 Å². The van der Waals surface area contributed by atoms with Crippen molar-refractivity contribution in [3.05, 3.63) is 48.0 Å². The molecule has 0 spiro atoms. The molecule has 0 aliphatic carbocycles. The molecule has 0 aliphatic heterocycles. The molecular formula is C11H11Cl. The van der Waals surface area contributed by atoms with E-state index in [-0.39, 0.29) is 0 Å². The van der Waals surface area contributed by atoms with Gasteiger partial charge >= 0.3 is 0 Å². The van der Waals surface area contributed by atoms with Crippen LogP contribution < -0.4 is 0 Å². The lowest BCUT2D eigenvalue weighted by Crippen LogP contribution is -1.86. The molecule has 0 bridgehead atoms. The van der Waals surface area contributed by atoms with Crippen LogP contribution in [0.15, 0.2) is 31.4 Å². The molecule has 0 aromatic heterocycles. The Bertz CT molecular complexity index is 324. The van der Waals surface area contributed by atoms with Gasteiger partial charge < -0.3 is 0 Å². The van der Waals surface area contributed by atoms with E-state index in [2.05, 4.69) is 13.2 Å². The lowest BCUT2D eigenvalue weighted by molar-refractivity contribution is 1.43. The van der Waals surface area contributed by atoms with E-state index >= 15 is 0 Å². The number of hydrogen-bond donors (Lipinski definition) is 0. The van der Waals surface area contributed by atoms with Gasteiger partial charge in [-0.15, -0.1) is 0 Å². The van der Waals surface area contributed by atoms with Gasteiger partial charge in [-0.1, -0.05) is 49.0 Å². The second-order valence-corrected chi connectivity index (χ2v) is 3.10. The Morgan fingerprint density at radius 3 is 2.58 bits per heavy atom. The van der Waals surface area contributed by atoms with E-state index in [1.165, 1.54) is 5.56 Å². The minimum atomic E-state index is 0.564. The number of benzene rings is 1. The lowest BCUT2D eigenvalue weighted by Gasteiger charge is -2.06. The smallest absolute Gasteiger partial charge is 0.0412 e. The fraction of sp³-hybridized carbons (Fsp3) is 0.0909. The van der Waals surface area contributed by atoms with Crippen molar-refractivity contribution in [1.29, 1.82) is 0 Å². The Labute approximate surface area is 78.2 Å². The molecule has 0 amide bonds. The highest BCUT2D eigenvalue weighted by Gasteiger charge is 2.02. The van der Waals surface area contributed by atoms with E-state index in [4.69, 9.17) is 11.6 Å². The van der Waals surface area contributed by atoms with Gasteiger partial charge in [0.2, 0.25) is 0 Å². The van der Waals surface area contributed by atoms with E-state index in [1.807, 2.05) is 25.1 Å². The lowest BCUT2D eigenvalue weighted by atomic mass is 10.0. The molecular weight excluding hydrogens is 168 g/mol. The summed E-state index contributed by atoms with van der Waals surface area (Å²) in [7, 11) is 0. The molecule has 1 aromatic carbocycles. The average molecular weight is 179 g/mol. The Hall–Kier alpha value is -1.01. The predicted octanol–water partition coefficient (Wildman–Crippen LogP) is 3.85. The zero-order chi connectivity index (χ0) is 9.14. The van der Waals surface area contributed by atoms with Crippen LogP contribution in [-0.4, -0.2) is 0 Å². The molecule has 0 radical (unpaired) electrons. The predicted molar refractivity (Wildman–Crippen MR) is 56.2 cm³/mol. The minimum Gasteiger partial charge on any atom is -0.0984 e. The van der Waals surface area contributed by atoms with Crippen LogP contribution in [0.2, 0.25) is 0 Å². The van der Waals surface area contributed by atoms with E-state index in [1.54, 1.807) is 6.08 Å². The second-order valence-electron chi connectivity index (χ2n) is 2.65. The highest BCUT2D eigenvalue weighted by atomic mass is 35.5. The Balaban J connectivity index is 3.37. The van der Waals surface area contributed by atoms with E-state index in [0.29, 0.717) is 5.03 Å². The van der Waals surface area contributed by atoms with Gasteiger partial charge in [-0.3, -0.25) is 0 Å². The van der Waals surface area contributed by atoms with Gasteiger partial charge in [-0.05, 0) is 23.6 Å². The molecule has 0 heterocycles. The first kappa shape index (κ1) is 9.08. The van der Waals surface area contributed by atoms with Gasteiger partial charge in [0, 0.05) is 5.03 Å². The molecule has 1 heteroatoms. The fourth-order valence-corrected chi connectivity index (χ4v) is 1.35. The highest BCUT2D eigenvalue weighted by molar-refractivity contribution is 6.48. The highest BCUT2D eigenvalue weighted by Crippen LogP contribution is 2.24. The van der Waals surface area contributed by atoms with Crippen molar-refractivity contribution in [1.82, 2.24) is 0 Å². The number of halogens is 1. The third kappa shape index (κ3) is 1.59. The largest absolute Gasteiger partial charge is 0.0984 e. The quantitative estimate of drug-likeness (QED) is 0.646. The summed E-state index contributed by atoms with van der Waals surface area (Å²) in [5, 5.41) is 0.564. The molecule has 0 saturated carbocycles. The number of hydrogen-bond acceptors (Lipinski definition) is 0. The summed E-state index contributed by atoms with van der Waals surface area (Å²) in [4.78, 5) is 0. The SMILES string of the molecule is C=Cc1c(C)cccc1C(=C)Cl. The molecule has 12 heavy (non-hydrogen) atoms. The fourth-order valence-electron chi connectivity index (χ4n) is 1.19. The van der Waals surface area contributed by atoms with Gasteiger partial charge in [0.25, 0.3) is 0 Å². The Morgan fingerprint density at radius 2 is 2.17 bits per heavy atom. The maximum atomic E-state index is 5.82. The Morgan fingerprint density at radius 1 is 1.50 bits per heavy atom. The Kier molecular flexibility index (Phi) is 2.72. The third-order valence-electron chi connectivity index (χ3n) is 1.82. The summed E-state index contributed by atoms with van der Waals surface area (Å²) < 4.78 is 0. The summed E-state index contributed by atoms with van der Waals surface area (Å²) in [6.07, 6.45) is 1.80. The van der Waals surface area contributed by atoms with Crippen molar-refractivity contribution in [3.63, 3.8) is 0 Å². The van der Waals surface area contributed by atoms with Gasteiger partial charge in [0.15, 0.2) is 0 Å². The summed E-state index contributed by atoms with van der Waals surface area (Å²) >= 11 is 5.82. The van der Waals surface area contributed by atoms with E-state index in [0.717, 1.165) is 11.1 Å². The number of rotatable bonds is 2. The maximum Gasteiger partial charge on any atom is 0.0412 e. The van der Waals surface area contributed by atoms with Gasteiger partial charge in [-0.2, -0.15) is 0 Å². The molecule has 0 aliphatic rings. The summed E-state index contributed by atoms with van der Waals surface area (Å²) in [5.74, 6) is 0. The van der Waals surface area contributed by atoms with Crippen molar-refractivity contribution < 1.29 is 0 Å². The molecule has 0 saturated heterocycles. The molecule has 1 aromatic rings. The van der Waals surface area contributed by atoms with Crippen LogP contribution in [0.4, 0.5) is 0 Å². The van der Waals surface area contributed by atoms with Gasteiger partial charge in [-0.25, -0.2) is 0 Å². The van der Waals surface area contributed by atoms with Crippen LogP contribution >= 0.6 is 11.6 Å². The summed E-state index contributed by atoms with van der Waals surface area (Å²) in [6.45, 7) is 9.46.